The standard InChI is InChI=1S/C12H18ClN3O3S2.ClH/c1-12(7-14,8-2-3-8)16-10(17)6-15-21(18,19)11-5-4-9(13)20-11;/h4-5,8,15H,2-3,6-7,14H2,1H3,(H,16,17);1H. The molecule has 1 aliphatic rings. The molecule has 1 heterocycles. The van der Waals surface area contributed by atoms with Crippen LogP contribution in [0.3, 0.4) is 0 Å². The van der Waals surface area contributed by atoms with E-state index in [1.165, 1.54) is 12.1 Å². The first-order valence-corrected chi connectivity index (χ1v) is 9.21. The second-order valence-corrected chi connectivity index (χ2v) is 9.04. The molecular weight excluding hydrogens is 369 g/mol. The number of rotatable bonds is 7. The molecule has 1 aromatic heterocycles. The minimum atomic E-state index is -3.71. The zero-order chi connectivity index (χ0) is 15.7. The number of halogens is 2. The quantitative estimate of drug-likeness (QED) is 0.656. The highest BCUT2D eigenvalue weighted by Gasteiger charge is 2.41. The summed E-state index contributed by atoms with van der Waals surface area (Å²) in [6, 6.07) is 2.90. The van der Waals surface area contributed by atoms with Gasteiger partial charge in [0, 0.05) is 6.54 Å². The molecule has 1 unspecified atom stereocenters. The number of amides is 1. The third kappa shape index (κ3) is 4.81. The Bertz CT molecular complexity index is 631. The summed E-state index contributed by atoms with van der Waals surface area (Å²) in [5.74, 6) is -0.0137. The Kier molecular flexibility index (Phi) is 6.67. The average Bonchev–Trinajstić information content (AvgIpc) is 3.19. The number of thiophene rings is 1. The molecule has 0 spiro atoms. The predicted octanol–water partition coefficient (Wildman–Crippen LogP) is 1.35. The molecule has 0 radical (unpaired) electrons. The summed E-state index contributed by atoms with van der Waals surface area (Å²) in [4.78, 5) is 11.9. The lowest BCUT2D eigenvalue weighted by Crippen LogP contribution is -2.55. The zero-order valence-corrected chi connectivity index (χ0v) is 15.2. The van der Waals surface area contributed by atoms with Crippen molar-refractivity contribution in [2.45, 2.75) is 29.5 Å². The van der Waals surface area contributed by atoms with Crippen LogP contribution in [-0.2, 0) is 14.8 Å². The van der Waals surface area contributed by atoms with E-state index in [1.807, 2.05) is 6.92 Å². The fourth-order valence-corrected chi connectivity index (χ4v) is 4.59. The van der Waals surface area contributed by atoms with Crippen LogP contribution in [0, 0.1) is 5.92 Å². The van der Waals surface area contributed by atoms with Gasteiger partial charge in [0.05, 0.1) is 16.4 Å². The van der Waals surface area contributed by atoms with Crippen LogP contribution in [0.5, 0.6) is 0 Å². The molecule has 10 heteroatoms. The number of sulfonamides is 1. The van der Waals surface area contributed by atoms with Gasteiger partial charge >= 0.3 is 0 Å². The number of nitrogens with two attached hydrogens (primary N) is 1. The van der Waals surface area contributed by atoms with Gasteiger partial charge in [-0.2, -0.15) is 0 Å². The Hall–Kier alpha value is -0.380. The second-order valence-electron chi connectivity index (χ2n) is 5.33. The van der Waals surface area contributed by atoms with Gasteiger partial charge in [-0.15, -0.1) is 23.7 Å². The molecule has 6 nitrogen and oxygen atoms in total. The molecule has 1 amide bonds. The summed E-state index contributed by atoms with van der Waals surface area (Å²) < 4.78 is 26.7. The van der Waals surface area contributed by atoms with E-state index in [9.17, 15) is 13.2 Å². The Morgan fingerprint density at radius 3 is 2.59 bits per heavy atom. The maximum absolute atomic E-state index is 12.0. The van der Waals surface area contributed by atoms with Crippen molar-refractivity contribution in [3.05, 3.63) is 16.5 Å². The maximum Gasteiger partial charge on any atom is 0.250 e. The van der Waals surface area contributed by atoms with E-state index in [0.717, 1.165) is 24.2 Å². The third-order valence-electron chi connectivity index (χ3n) is 3.56. The Labute approximate surface area is 145 Å². The van der Waals surface area contributed by atoms with Crippen LogP contribution in [0.2, 0.25) is 4.34 Å². The van der Waals surface area contributed by atoms with Gasteiger partial charge in [0.2, 0.25) is 5.91 Å². The molecule has 22 heavy (non-hydrogen) atoms. The van der Waals surface area contributed by atoms with E-state index in [2.05, 4.69) is 10.0 Å². The lowest BCUT2D eigenvalue weighted by molar-refractivity contribution is -0.121. The summed E-state index contributed by atoms with van der Waals surface area (Å²) >= 11 is 6.65. The minimum absolute atomic E-state index is 0. The van der Waals surface area contributed by atoms with E-state index < -0.39 is 15.6 Å². The SMILES string of the molecule is CC(CN)(NC(=O)CNS(=O)(=O)c1ccc(Cl)s1)C1CC1.Cl. The van der Waals surface area contributed by atoms with Gasteiger partial charge in [-0.05, 0) is 37.8 Å². The Morgan fingerprint density at radius 1 is 1.50 bits per heavy atom. The molecule has 126 valence electrons. The van der Waals surface area contributed by atoms with Crippen LogP contribution in [-0.4, -0.2) is 33.0 Å². The first kappa shape index (κ1) is 19.7. The van der Waals surface area contributed by atoms with E-state index in [4.69, 9.17) is 17.3 Å². The van der Waals surface area contributed by atoms with E-state index in [1.54, 1.807) is 0 Å². The van der Waals surface area contributed by atoms with Crippen molar-refractivity contribution in [3.63, 3.8) is 0 Å². The molecule has 4 N–H and O–H groups in total. The Morgan fingerprint density at radius 2 is 2.14 bits per heavy atom. The van der Waals surface area contributed by atoms with Crippen molar-refractivity contribution in [2.24, 2.45) is 11.7 Å². The number of carbonyl (C=O) groups excluding carboxylic acids is 1. The maximum atomic E-state index is 12.0. The van der Waals surface area contributed by atoms with Crippen molar-refractivity contribution < 1.29 is 13.2 Å². The van der Waals surface area contributed by atoms with E-state index in [0.29, 0.717) is 16.8 Å². The van der Waals surface area contributed by atoms with Gasteiger partial charge in [-0.25, -0.2) is 13.1 Å². The number of nitrogens with one attached hydrogen (secondary N) is 2. The summed E-state index contributed by atoms with van der Waals surface area (Å²) in [6.07, 6.45) is 2.07. The van der Waals surface area contributed by atoms with Gasteiger partial charge < -0.3 is 11.1 Å². The summed E-state index contributed by atoms with van der Waals surface area (Å²) in [6.45, 7) is 1.90. The highest BCUT2D eigenvalue weighted by molar-refractivity contribution is 7.91. The number of hydrogen-bond donors (Lipinski definition) is 3. The van der Waals surface area contributed by atoms with Gasteiger partial charge in [0.1, 0.15) is 4.21 Å². The van der Waals surface area contributed by atoms with Crippen LogP contribution < -0.4 is 15.8 Å². The molecule has 1 fully saturated rings. The summed E-state index contributed by atoms with van der Waals surface area (Å²) in [7, 11) is -3.71. The van der Waals surface area contributed by atoms with Crippen LogP contribution in [0.4, 0.5) is 0 Å². The molecule has 1 saturated carbocycles. The summed E-state index contributed by atoms with van der Waals surface area (Å²) in [5, 5.41) is 2.82. The van der Waals surface area contributed by atoms with Gasteiger partial charge in [0.25, 0.3) is 10.0 Å². The molecule has 0 aliphatic heterocycles. The zero-order valence-electron chi connectivity index (χ0n) is 12.0. The lowest BCUT2D eigenvalue weighted by atomic mass is 9.96. The van der Waals surface area contributed by atoms with Gasteiger partial charge in [-0.1, -0.05) is 11.6 Å². The number of carbonyl (C=O) groups is 1. The first-order chi connectivity index (χ1) is 9.77. The van der Waals surface area contributed by atoms with Crippen molar-refractivity contribution >= 4 is 51.3 Å². The van der Waals surface area contributed by atoms with Gasteiger partial charge in [-0.3, -0.25) is 4.79 Å². The van der Waals surface area contributed by atoms with Crippen molar-refractivity contribution in [1.82, 2.24) is 10.0 Å². The predicted molar refractivity (Wildman–Crippen MR) is 90.1 cm³/mol. The second kappa shape index (κ2) is 7.46. The highest BCUT2D eigenvalue weighted by atomic mass is 35.5. The number of hydrogen-bond acceptors (Lipinski definition) is 5. The van der Waals surface area contributed by atoms with Gasteiger partial charge in [0.15, 0.2) is 0 Å². The van der Waals surface area contributed by atoms with Crippen LogP contribution >= 0.6 is 35.3 Å². The summed E-state index contributed by atoms with van der Waals surface area (Å²) in [5.41, 5.74) is 5.24. The van der Waals surface area contributed by atoms with Crippen molar-refractivity contribution in [1.29, 1.82) is 0 Å². The molecule has 1 aromatic rings. The third-order valence-corrected chi connectivity index (χ3v) is 6.69. The monoisotopic (exact) mass is 387 g/mol. The average molecular weight is 388 g/mol. The highest BCUT2D eigenvalue weighted by Crippen LogP contribution is 2.38. The van der Waals surface area contributed by atoms with E-state index in [-0.39, 0.29) is 29.1 Å². The van der Waals surface area contributed by atoms with Crippen LogP contribution in [0.15, 0.2) is 16.3 Å². The first-order valence-electron chi connectivity index (χ1n) is 6.53. The molecule has 0 aromatic carbocycles. The topological polar surface area (TPSA) is 101 Å². The van der Waals surface area contributed by atoms with E-state index >= 15 is 0 Å². The molecule has 2 rings (SSSR count). The molecule has 0 saturated heterocycles. The molecule has 1 aliphatic carbocycles. The molecule has 1 atom stereocenters. The minimum Gasteiger partial charge on any atom is -0.348 e. The van der Waals surface area contributed by atoms with Crippen LogP contribution in [0.25, 0.3) is 0 Å². The fourth-order valence-electron chi connectivity index (χ4n) is 2.08. The normalized spacial score (nSPS) is 17.4. The van der Waals surface area contributed by atoms with Crippen LogP contribution in [0.1, 0.15) is 19.8 Å². The molecule has 0 bridgehead atoms. The smallest absolute Gasteiger partial charge is 0.250 e. The Balaban J connectivity index is 0.00000242. The largest absolute Gasteiger partial charge is 0.348 e. The lowest BCUT2D eigenvalue weighted by Gasteiger charge is -2.29. The fraction of sp³-hybridized carbons (Fsp3) is 0.583. The van der Waals surface area contributed by atoms with Crippen molar-refractivity contribution in [2.75, 3.05) is 13.1 Å². The molecular formula is C12H19Cl2N3O3S2. The van der Waals surface area contributed by atoms with Crippen molar-refractivity contribution in [3.8, 4) is 0 Å².